The number of rotatable bonds is 9. The first kappa shape index (κ1) is 16.0. The molecule has 0 saturated carbocycles. The predicted molar refractivity (Wildman–Crippen MR) is 68.0 cm³/mol. The van der Waals surface area contributed by atoms with Crippen LogP contribution in [0, 0.1) is 0 Å². The lowest BCUT2D eigenvalue weighted by Gasteiger charge is -2.18. The van der Waals surface area contributed by atoms with Crippen molar-refractivity contribution in [2.45, 2.75) is 0 Å². The van der Waals surface area contributed by atoms with Gasteiger partial charge in [-0.1, -0.05) is 18.2 Å². The molecule has 0 radical (unpaired) electrons. The second-order valence-electron chi connectivity index (χ2n) is 2.94. The van der Waals surface area contributed by atoms with Crippen LogP contribution in [-0.2, 0) is 18.1 Å². The maximum atomic E-state index is 11.8. The van der Waals surface area contributed by atoms with Crippen molar-refractivity contribution in [3.8, 4) is 0 Å². The molecule has 0 aliphatic carbocycles. The molecule has 0 aliphatic heterocycles. The predicted octanol–water partition coefficient (Wildman–Crippen LogP) is 0.0106. The highest BCUT2D eigenvalue weighted by molar-refractivity contribution is 8.65. The Kier molecular flexibility index (Phi) is 6.32. The lowest BCUT2D eigenvalue weighted by molar-refractivity contribution is 0.481. The van der Waals surface area contributed by atoms with E-state index in [2.05, 4.69) is 19.7 Å². The Bertz CT molecular complexity index is 469. The van der Waals surface area contributed by atoms with Gasteiger partial charge in [0.15, 0.2) is 0 Å². The van der Waals surface area contributed by atoms with E-state index in [9.17, 15) is 16.8 Å². The van der Waals surface area contributed by atoms with Crippen molar-refractivity contribution < 1.29 is 16.8 Å². The first-order chi connectivity index (χ1) is 7.83. The molecular formula is C9H16N2O4S2. The van der Waals surface area contributed by atoms with Crippen LogP contribution < -0.4 is 4.72 Å². The zero-order valence-electron chi connectivity index (χ0n) is 9.37. The lowest BCUT2D eigenvalue weighted by atomic mass is 10.5. The molecule has 0 aromatic heterocycles. The van der Waals surface area contributed by atoms with Crippen LogP contribution in [0.4, 0.5) is 0 Å². The van der Waals surface area contributed by atoms with Gasteiger partial charge >= 0.3 is 18.1 Å². The summed E-state index contributed by atoms with van der Waals surface area (Å²) in [6, 6.07) is 0. The largest absolute Gasteiger partial charge is 0.334 e. The third kappa shape index (κ3) is 4.08. The smallest absolute Gasteiger partial charge is 0.197 e. The van der Waals surface area contributed by atoms with Crippen molar-refractivity contribution in [3.05, 3.63) is 38.0 Å². The van der Waals surface area contributed by atoms with Gasteiger partial charge in [-0.3, -0.25) is 0 Å². The molecular weight excluding hydrogens is 264 g/mol. The minimum Gasteiger partial charge on any atom is -0.197 e. The average molecular weight is 280 g/mol. The Hall–Kier alpha value is -0.960. The molecule has 0 saturated heterocycles. The zero-order chi connectivity index (χ0) is 13.5. The van der Waals surface area contributed by atoms with Crippen molar-refractivity contribution in [1.82, 2.24) is 9.03 Å². The van der Waals surface area contributed by atoms with Gasteiger partial charge in [0.2, 0.25) is 0 Å². The molecule has 1 N–H and O–H groups in total. The van der Waals surface area contributed by atoms with E-state index in [4.69, 9.17) is 0 Å². The van der Waals surface area contributed by atoms with E-state index in [1.807, 2.05) is 4.72 Å². The fourth-order valence-electron chi connectivity index (χ4n) is 0.919. The van der Waals surface area contributed by atoms with Crippen LogP contribution >= 0.6 is 0 Å². The Morgan fingerprint density at radius 1 is 0.941 bits per heavy atom. The van der Waals surface area contributed by atoms with E-state index in [-0.39, 0.29) is 19.6 Å². The van der Waals surface area contributed by atoms with E-state index >= 15 is 0 Å². The molecule has 0 rings (SSSR count). The third-order valence-corrected chi connectivity index (χ3v) is 6.32. The zero-order valence-corrected chi connectivity index (χ0v) is 11.0. The Balaban J connectivity index is 5.26. The van der Waals surface area contributed by atoms with E-state index in [1.165, 1.54) is 18.2 Å². The maximum Gasteiger partial charge on any atom is 0.334 e. The first-order valence-corrected chi connectivity index (χ1v) is 8.10. The van der Waals surface area contributed by atoms with Crippen LogP contribution in [0.5, 0.6) is 0 Å². The SMILES string of the molecule is C=CCNS(=O)(=O)S(=O)(=O)N(CC=C)CC=C. The summed E-state index contributed by atoms with van der Waals surface area (Å²) in [4.78, 5) is 0. The monoisotopic (exact) mass is 280 g/mol. The fraction of sp³-hybridized carbons (Fsp3) is 0.333. The Labute approximate surface area is 102 Å². The molecule has 0 heterocycles. The van der Waals surface area contributed by atoms with Crippen LogP contribution in [0.25, 0.3) is 0 Å². The van der Waals surface area contributed by atoms with Crippen LogP contribution in [0.3, 0.4) is 0 Å². The fourth-order valence-corrected chi connectivity index (χ4v) is 4.09. The Morgan fingerprint density at radius 2 is 1.41 bits per heavy atom. The summed E-state index contributed by atoms with van der Waals surface area (Å²) in [6.07, 6.45) is 3.84. The van der Waals surface area contributed by atoms with Crippen LogP contribution in [0.2, 0.25) is 0 Å². The highest BCUT2D eigenvalue weighted by Gasteiger charge is 2.34. The molecule has 0 spiro atoms. The van der Waals surface area contributed by atoms with Gasteiger partial charge in [-0.25, -0.2) is 0 Å². The van der Waals surface area contributed by atoms with Gasteiger partial charge in [0.25, 0.3) is 0 Å². The third-order valence-electron chi connectivity index (χ3n) is 1.66. The van der Waals surface area contributed by atoms with Crippen LogP contribution in [-0.4, -0.2) is 40.8 Å². The number of nitrogens with one attached hydrogen (secondary N) is 1. The number of hydrogen-bond acceptors (Lipinski definition) is 4. The summed E-state index contributed by atoms with van der Waals surface area (Å²) in [7, 11) is -8.98. The van der Waals surface area contributed by atoms with Crippen molar-refractivity contribution in [3.63, 3.8) is 0 Å². The second kappa shape index (κ2) is 6.70. The molecule has 0 aromatic rings. The molecule has 0 aromatic carbocycles. The van der Waals surface area contributed by atoms with Crippen molar-refractivity contribution >= 4 is 18.1 Å². The van der Waals surface area contributed by atoms with Gasteiger partial charge in [0, 0.05) is 19.6 Å². The van der Waals surface area contributed by atoms with E-state index < -0.39 is 18.1 Å². The topological polar surface area (TPSA) is 83.5 Å². The molecule has 0 bridgehead atoms. The van der Waals surface area contributed by atoms with Crippen LogP contribution in [0.1, 0.15) is 0 Å². The van der Waals surface area contributed by atoms with Crippen molar-refractivity contribution in [2.75, 3.05) is 19.6 Å². The Morgan fingerprint density at radius 3 is 1.76 bits per heavy atom. The quantitative estimate of drug-likeness (QED) is 0.476. The number of hydrogen-bond donors (Lipinski definition) is 1. The first-order valence-electron chi connectivity index (χ1n) is 4.66. The molecule has 98 valence electrons. The standard InChI is InChI=1S/C9H16N2O4S2/c1-4-7-10-16(12,13)17(14,15)11(8-5-2)9-6-3/h4-6,10H,1-3,7-9H2. The van der Waals surface area contributed by atoms with Gasteiger partial charge in [0.1, 0.15) is 0 Å². The lowest BCUT2D eigenvalue weighted by Crippen LogP contribution is -2.42. The maximum absolute atomic E-state index is 11.8. The summed E-state index contributed by atoms with van der Waals surface area (Å²) in [5.41, 5.74) is 0. The summed E-state index contributed by atoms with van der Waals surface area (Å²) in [5.74, 6) is 0. The highest BCUT2D eigenvalue weighted by Crippen LogP contribution is 2.08. The van der Waals surface area contributed by atoms with Crippen LogP contribution in [0.15, 0.2) is 38.0 Å². The molecule has 0 aliphatic rings. The van der Waals surface area contributed by atoms with E-state index in [1.54, 1.807) is 0 Å². The number of nitrogens with zero attached hydrogens (tertiary/aromatic N) is 1. The molecule has 0 unspecified atom stereocenters. The van der Waals surface area contributed by atoms with Gasteiger partial charge in [-0.2, -0.15) is 25.9 Å². The molecule has 0 atom stereocenters. The minimum absolute atomic E-state index is 0.108. The molecule has 17 heavy (non-hydrogen) atoms. The van der Waals surface area contributed by atoms with Gasteiger partial charge in [-0.15, -0.1) is 19.7 Å². The highest BCUT2D eigenvalue weighted by atomic mass is 33.2. The molecule has 0 amide bonds. The molecule has 6 nitrogen and oxygen atoms in total. The van der Waals surface area contributed by atoms with Gasteiger partial charge in [0.05, 0.1) is 0 Å². The van der Waals surface area contributed by atoms with E-state index in [0.29, 0.717) is 0 Å². The summed E-state index contributed by atoms with van der Waals surface area (Å²) < 4.78 is 49.3. The second-order valence-corrected chi connectivity index (χ2v) is 8.09. The summed E-state index contributed by atoms with van der Waals surface area (Å²) in [5, 5.41) is 0. The molecule has 0 fully saturated rings. The van der Waals surface area contributed by atoms with Crippen molar-refractivity contribution in [1.29, 1.82) is 0 Å². The van der Waals surface area contributed by atoms with E-state index in [0.717, 1.165) is 4.31 Å². The summed E-state index contributed by atoms with van der Waals surface area (Å²) in [6.45, 7) is 9.66. The van der Waals surface area contributed by atoms with Gasteiger partial charge in [-0.05, 0) is 0 Å². The normalized spacial score (nSPS) is 12.3. The average Bonchev–Trinajstić information content (AvgIpc) is 2.26. The molecule has 8 heteroatoms. The minimum atomic E-state index is -4.49. The van der Waals surface area contributed by atoms with Crippen molar-refractivity contribution in [2.24, 2.45) is 0 Å². The summed E-state index contributed by atoms with van der Waals surface area (Å²) >= 11 is 0. The van der Waals surface area contributed by atoms with Gasteiger partial charge < -0.3 is 0 Å².